The highest BCUT2D eigenvalue weighted by Crippen LogP contribution is 2.16. The maximum Gasteiger partial charge on any atom is 0.231 e. The van der Waals surface area contributed by atoms with Crippen molar-refractivity contribution in [1.29, 1.82) is 0 Å². The van der Waals surface area contributed by atoms with Crippen LogP contribution >= 0.6 is 15.9 Å². The molecule has 14 heavy (non-hydrogen) atoms. The van der Waals surface area contributed by atoms with Crippen molar-refractivity contribution in [2.75, 3.05) is 5.73 Å². The second-order valence-electron chi connectivity index (χ2n) is 3.00. The molecule has 0 amide bonds. The summed E-state index contributed by atoms with van der Waals surface area (Å²) in [6, 6.07) is 5.43. The minimum atomic E-state index is -0.223. The third-order valence-electron chi connectivity index (χ3n) is 2.04. The molecule has 5 heteroatoms. The molecule has 0 aliphatic carbocycles. The van der Waals surface area contributed by atoms with Gasteiger partial charge in [-0.2, -0.15) is 5.10 Å². The van der Waals surface area contributed by atoms with E-state index in [0.717, 1.165) is 9.99 Å². The van der Waals surface area contributed by atoms with Gasteiger partial charge in [0.2, 0.25) is 5.43 Å². The zero-order valence-electron chi connectivity index (χ0n) is 7.49. The second kappa shape index (κ2) is 3.09. The van der Waals surface area contributed by atoms with Crippen molar-refractivity contribution in [3.63, 3.8) is 0 Å². The largest absolute Gasteiger partial charge is 0.379 e. The molecule has 0 saturated heterocycles. The molecule has 1 heterocycles. The van der Waals surface area contributed by atoms with Crippen molar-refractivity contribution in [1.82, 2.24) is 9.78 Å². The van der Waals surface area contributed by atoms with Crippen LogP contribution in [0.15, 0.2) is 27.5 Å². The molecule has 1 aromatic heterocycles. The summed E-state index contributed by atoms with van der Waals surface area (Å²) in [5.74, 6) is 0.0260. The molecular formula is C9H8BrN3O. The number of anilines is 1. The SMILES string of the molecule is Cn1nc(N)c(=O)c2cc(Br)ccc21. The van der Waals surface area contributed by atoms with Crippen molar-refractivity contribution in [3.05, 3.63) is 32.9 Å². The number of nitrogens with zero attached hydrogens (tertiary/aromatic N) is 2. The van der Waals surface area contributed by atoms with E-state index >= 15 is 0 Å². The smallest absolute Gasteiger partial charge is 0.231 e. The molecule has 0 bridgehead atoms. The average Bonchev–Trinajstić information content (AvgIpc) is 2.14. The van der Waals surface area contributed by atoms with E-state index in [9.17, 15) is 4.79 Å². The molecule has 0 fully saturated rings. The number of fused-ring (bicyclic) bond motifs is 1. The van der Waals surface area contributed by atoms with Crippen LogP contribution in [0.25, 0.3) is 10.9 Å². The normalized spacial score (nSPS) is 10.7. The van der Waals surface area contributed by atoms with Crippen molar-refractivity contribution < 1.29 is 0 Å². The first-order valence-corrected chi connectivity index (χ1v) is 4.81. The number of halogens is 1. The standard InChI is InChI=1S/C9H8BrN3O/c1-13-7-3-2-5(10)4-6(7)8(14)9(11)12-13/h2-4H,1H3,(H2,11,12). The zero-order valence-corrected chi connectivity index (χ0v) is 9.08. The molecule has 0 spiro atoms. The Hall–Kier alpha value is -1.36. The lowest BCUT2D eigenvalue weighted by atomic mass is 10.2. The first kappa shape index (κ1) is 9.21. The van der Waals surface area contributed by atoms with Crippen molar-refractivity contribution in [2.45, 2.75) is 0 Å². The van der Waals surface area contributed by atoms with Gasteiger partial charge in [0.05, 0.1) is 10.9 Å². The molecule has 72 valence electrons. The Labute approximate surface area is 88.5 Å². The first-order valence-electron chi connectivity index (χ1n) is 4.01. The quantitative estimate of drug-likeness (QED) is 0.770. The first-order chi connectivity index (χ1) is 6.59. The third-order valence-corrected chi connectivity index (χ3v) is 2.54. The summed E-state index contributed by atoms with van der Waals surface area (Å²) in [5.41, 5.74) is 6.03. The number of aryl methyl sites for hydroxylation is 1. The zero-order chi connectivity index (χ0) is 10.3. The van der Waals surface area contributed by atoms with E-state index in [1.54, 1.807) is 17.8 Å². The fourth-order valence-electron chi connectivity index (χ4n) is 1.37. The summed E-state index contributed by atoms with van der Waals surface area (Å²) in [6.45, 7) is 0. The van der Waals surface area contributed by atoms with Gasteiger partial charge in [0, 0.05) is 11.5 Å². The second-order valence-corrected chi connectivity index (χ2v) is 3.92. The van der Waals surface area contributed by atoms with Gasteiger partial charge in [-0.3, -0.25) is 9.48 Å². The van der Waals surface area contributed by atoms with E-state index in [4.69, 9.17) is 5.73 Å². The van der Waals surface area contributed by atoms with Gasteiger partial charge in [-0.1, -0.05) is 15.9 Å². The monoisotopic (exact) mass is 253 g/mol. The van der Waals surface area contributed by atoms with Crippen LogP contribution in [0, 0.1) is 0 Å². The van der Waals surface area contributed by atoms with Crippen LogP contribution in [0.4, 0.5) is 5.82 Å². The summed E-state index contributed by atoms with van der Waals surface area (Å²) in [4.78, 5) is 11.6. The molecule has 0 aliphatic heterocycles. The molecular weight excluding hydrogens is 246 g/mol. The number of rotatable bonds is 0. The Kier molecular flexibility index (Phi) is 2.03. The predicted octanol–water partition coefficient (Wildman–Crippen LogP) is 1.28. The van der Waals surface area contributed by atoms with Crippen molar-refractivity contribution in [3.8, 4) is 0 Å². The maximum atomic E-state index is 11.6. The van der Waals surface area contributed by atoms with E-state index in [2.05, 4.69) is 21.0 Å². The number of hydrogen-bond donors (Lipinski definition) is 1. The van der Waals surface area contributed by atoms with E-state index in [1.807, 2.05) is 12.1 Å². The summed E-state index contributed by atoms with van der Waals surface area (Å²) in [7, 11) is 1.76. The van der Waals surface area contributed by atoms with Crippen LogP contribution in [0.2, 0.25) is 0 Å². The Morgan fingerprint density at radius 1 is 1.50 bits per heavy atom. The van der Waals surface area contributed by atoms with Gasteiger partial charge in [0.1, 0.15) is 0 Å². The highest BCUT2D eigenvalue weighted by molar-refractivity contribution is 9.10. The lowest BCUT2D eigenvalue weighted by molar-refractivity contribution is 0.780. The van der Waals surface area contributed by atoms with Gasteiger partial charge in [0.25, 0.3) is 0 Å². The van der Waals surface area contributed by atoms with Crippen LogP contribution in [-0.4, -0.2) is 9.78 Å². The van der Waals surface area contributed by atoms with Crippen LogP contribution in [0.3, 0.4) is 0 Å². The predicted molar refractivity (Wildman–Crippen MR) is 59.1 cm³/mol. The summed E-state index contributed by atoms with van der Waals surface area (Å²) >= 11 is 3.31. The molecule has 0 atom stereocenters. The van der Waals surface area contributed by atoms with Crippen LogP contribution in [-0.2, 0) is 7.05 Å². The summed E-state index contributed by atoms with van der Waals surface area (Å²) in [6.07, 6.45) is 0. The van der Waals surface area contributed by atoms with Crippen molar-refractivity contribution >= 4 is 32.7 Å². The molecule has 0 saturated carbocycles. The lowest BCUT2D eigenvalue weighted by Gasteiger charge is -2.04. The van der Waals surface area contributed by atoms with Gasteiger partial charge >= 0.3 is 0 Å². The maximum absolute atomic E-state index is 11.6. The van der Waals surface area contributed by atoms with Crippen LogP contribution in [0.5, 0.6) is 0 Å². The summed E-state index contributed by atoms with van der Waals surface area (Å²) in [5, 5.41) is 4.48. The van der Waals surface area contributed by atoms with Crippen LogP contribution < -0.4 is 11.2 Å². The van der Waals surface area contributed by atoms with Gasteiger partial charge in [-0.15, -0.1) is 0 Å². The minimum Gasteiger partial charge on any atom is -0.379 e. The fraction of sp³-hybridized carbons (Fsp3) is 0.111. The van der Waals surface area contributed by atoms with E-state index in [1.165, 1.54) is 0 Å². The van der Waals surface area contributed by atoms with E-state index in [0.29, 0.717) is 5.39 Å². The van der Waals surface area contributed by atoms with Crippen molar-refractivity contribution in [2.24, 2.45) is 7.05 Å². The third kappa shape index (κ3) is 1.29. The Balaban J connectivity index is 3.03. The minimum absolute atomic E-state index is 0.0260. The van der Waals surface area contributed by atoms with Gasteiger partial charge in [0.15, 0.2) is 5.82 Å². The fourth-order valence-corrected chi connectivity index (χ4v) is 1.73. The molecule has 0 unspecified atom stereocenters. The number of nitrogen functional groups attached to an aromatic ring is 1. The van der Waals surface area contributed by atoms with Crippen LogP contribution in [0.1, 0.15) is 0 Å². The Morgan fingerprint density at radius 2 is 2.21 bits per heavy atom. The number of hydrogen-bond acceptors (Lipinski definition) is 3. The molecule has 1 aromatic carbocycles. The lowest BCUT2D eigenvalue weighted by Crippen LogP contribution is -2.16. The van der Waals surface area contributed by atoms with Gasteiger partial charge < -0.3 is 5.73 Å². The molecule has 0 aliphatic rings. The molecule has 2 aromatic rings. The topological polar surface area (TPSA) is 60.9 Å². The highest BCUT2D eigenvalue weighted by Gasteiger charge is 2.05. The van der Waals surface area contributed by atoms with E-state index in [-0.39, 0.29) is 11.2 Å². The number of nitrogens with two attached hydrogens (primary N) is 1. The Morgan fingerprint density at radius 3 is 2.93 bits per heavy atom. The van der Waals surface area contributed by atoms with Gasteiger partial charge in [-0.25, -0.2) is 0 Å². The molecule has 2 rings (SSSR count). The number of aromatic nitrogens is 2. The summed E-state index contributed by atoms with van der Waals surface area (Å²) < 4.78 is 2.45. The Bertz CT molecular complexity index is 562. The average molecular weight is 254 g/mol. The molecule has 2 N–H and O–H groups in total. The molecule has 4 nitrogen and oxygen atoms in total. The van der Waals surface area contributed by atoms with Gasteiger partial charge in [-0.05, 0) is 18.2 Å². The highest BCUT2D eigenvalue weighted by atomic mass is 79.9. The molecule has 0 radical (unpaired) electrons. The number of benzene rings is 1. The van der Waals surface area contributed by atoms with E-state index < -0.39 is 0 Å².